The van der Waals surface area contributed by atoms with Gasteiger partial charge in [0.15, 0.2) is 8.32 Å². The van der Waals surface area contributed by atoms with Crippen LogP contribution < -0.4 is 0 Å². The number of hydrogen-bond donors (Lipinski definition) is 0. The van der Waals surface area contributed by atoms with E-state index < -0.39 is 8.32 Å². The number of rotatable bonds is 3. The van der Waals surface area contributed by atoms with Crippen LogP contribution in [0.4, 0.5) is 0 Å². The first-order valence-corrected chi connectivity index (χ1v) is 7.39. The van der Waals surface area contributed by atoms with Gasteiger partial charge in [-0.3, -0.25) is 6.08 Å². The van der Waals surface area contributed by atoms with Crippen molar-refractivity contribution in [3.63, 3.8) is 0 Å². The monoisotopic (exact) mass is 301 g/mol. The quantitative estimate of drug-likeness (QED) is 0.571. The molecule has 0 spiro atoms. The van der Waals surface area contributed by atoms with Crippen LogP contribution in [0.3, 0.4) is 0 Å². The van der Waals surface area contributed by atoms with Crippen molar-refractivity contribution in [1.82, 2.24) is 0 Å². The van der Waals surface area contributed by atoms with E-state index in [-0.39, 0.29) is 46.5 Å². The topological polar surface area (TPSA) is 9.23 Å². The van der Waals surface area contributed by atoms with Crippen molar-refractivity contribution in [2.24, 2.45) is 0 Å². The number of hydrogen-bond acceptors (Lipinski definition) is 1. The average Bonchev–Trinajstić information content (AvgIpc) is 2.32. The molecule has 0 N–H and O–H groups in total. The molecule has 0 unspecified atom stereocenters. The molecule has 1 nitrogen and oxygen atoms in total. The van der Waals surface area contributed by atoms with Crippen molar-refractivity contribution in [1.29, 1.82) is 0 Å². The summed E-state index contributed by atoms with van der Waals surface area (Å²) in [6.07, 6.45) is 8.95. The first-order chi connectivity index (χ1) is 5.52. The summed E-state index contributed by atoms with van der Waals surface area (Å²) in [5.74, 6) is 0. The largest absolute Gasteiger partial charge is 0.414 e. The Kier molecular flexibility index (Phi) is 12.8. The molecule has 1 rings (SSSR count). The molecule has 5 heteroatoms. The summed E-state index contributed by atoms with van der Waals surface area (Å²) in [5, 5.41) is 1.32. The second-order valence-electron chi connectivity index (χ2n) is 3.87. The molecule has 0 saturated carbocycles. The normalized spacial score (nSPS) is 13.8. The Hall–Kier alpha value is 0.951. The summed E-state index contributed by atoms with van der Waals surface area (Å²) in [7, 11) is -1.61. The number of halogens is 2. The Labute approximate surface area is 122 Å². The maximum atomic E-state index is 5.91. The summed E-state index contributed by atoms with van der Waals surface area (Å²) in [5.41, 5.74) is 0. The molecular formula is C10H19Cl2OSiTi-. The van der Waals surface area contributed by atoms with Crippen LogP contribution in [0.15, 0.2) is 17.3 Å². The Morgan fingerprint density at radius 1 is 1.33 bits per heavy atom. The molecule has 0 saturated heterocycles. The fourth-order valence-corrected chi connectivity index (χ4v) is 3.82. The van der Waals surface area contributed by atoms with Gasteiger partial charge in [-0.05, 0) is 26.9 Å². The van der Waals surface area contributed by atoms with E-state index in [4.69, 9.17) is 4.43 Å². The molecule has 0 radical (unpaired) electrons. The van der Waals surface area contributed by atoms with Crippen LogP contribution in [0, 0.1) is 6.08 Å². The van der Waals surface area contributed by atoms with Gasteiger partial charge in [-0.2, -0.15) is 6.08 Å². The summed E-state index contributed by atoms with van der Waals surface area (Å²) in [6.45, 7) is 8.64. The fourth-order valence-electron chi connectivity index (χ4n) is 1.47. The van der Waals surface area contributed by atoms with E-state index in [1.165, 1.54) is 5.20 Å². The Morgan fingerprint density at radius 3 is 2.20 bits per heavy atom. The van der Waals surface area contributed by atoms with Crippen LogP contribution in [-0.2, 0) is 26.1 Å². The van der Waals surface area contributed by atoms with Gasteiger partial charge in [0.2, 0.25) is 0 Å². The second kappa shape index (κ2) is 9.03. The first-order valence-electron chi connectivity index (χ1n) is 4.48. The zero-order valence-electron chi connectivity index (χ0n) is 9.66. The van der Waals surface area contributed by atoms with Crippen molar-refractivity contribution in [3.05, 3.63) is 23.4 Å². The summed E-state index contributed by atoms with van der Waals surface area (Å²) < 4.78 is 5.91. The van der Waals surface area contributed by atoms with Crippen LogP contribution in [0.1, 0.15) is 20.3 Å². The number of allylic oxidation sites excluding steroid dienone is 4. The third-order valence-electron chi connectivity index (χ3n) is 1.87. The molecule has 0 atom stereocenters. The Morgan fingerprint density at radius 2 is 1.87 bits per heavy atom. The maximum Gasteiger partial charge on any atom is 0.183 e. The van der Waals surface area contributed by atoms with E-state index in [0.29, 0.717) is 6.10 Å². The second-order valence-corrected chi connectivity index (χ2v) is 7.67. The maximum absolute atomic E-state index is 5.91. The molecule has 0 fully saturated rings. The third kappa shape index (κ3) is 6.98. The zero-order valence-corrected chi connectivity index (χ0v) is 13.9. The van der Waals surface area contributed by atoms with Crippen LogP contribution in [-0.4, -0.2) is 14.4 Å². The van der Waals surface area contributed by atoms with Crippen molar-refractivity contribution in [2.45, 2.75) is 39.5 Å². The SMILES string of the molecule is CC(C)O[Si](C)(C)C1=[C-]CC=C1.Cl.Cl.[Ti]. The molecule has 15 heavy (non-hydrogen) atoms. The van der Waals surface area contributed by atoms with Crippen LogP contribution >= 0.6 is 24.8 Å². The minimum Gasteiger partial charge on any atom is -0.414 e. The standard InChI is InChI=1S/C10H17OSi.2ClH.Ti/c1-9(2)11-12(3,4)10-7-5-6-8-10;;;/h5,7,9H,6H2,1-4H3;2*1H;/q-1;;;. The predicted octanol–water partition coefficient (Wildman–Crippen LogP) is 3.69. The zero-order chi connectivity index (χ0) is 9.19. The minimum atomic E-state index is -1.61. The van der Waals surface area contributed by atoms with E-state index >= 15 is 0 Å². The van der Waals surface area contributed by atoms with Crippen LogP contribution in [0.2, 0.25) is 13.1 Å². The molecular weight excluding hydrogens is 283 g/mol. The van der Waals surface area contributed by atoms with Crippen molar-refractivity contribution < 1.29 is 26.1 Å². The Balaban J connectivity index is -0.000000480. The van der Waals surface area contributed by atoms with E-state index in [2.05, 4.69) is 45.2 Å². The van der Waals surface area contributed by atoms with Gasteiger partial charge >= 0.3 is 0 Å². The van der Waals surface area contributed by atoms with Gasteiger partial charge in [0.1, 0.15) is 0 Å². The van der Waals surface area contributed by atoms with Gasteiger partial charge in [0.05, 0.1) is 0 Å². The molecule has 88 valence electrons. The minimum absolute atomic E-state index is 0. The third-order valence-corrected chi connectivity index (χ3v) is 4.58. The van der Waals surface area contributed by atoms with Crippen molar-refractivity contribution >= 4 is 33.1 Å². The average molecular weight is 302 g/mol. The van der Waals surface area contributed by atoms with E-state index in [1.807, 2.05) is 0 Å². The summed E-state index contributed by atoms with van der Waals surface area (Å²) >= 11 is 0. The van der Waals surface area contributed by atoms with E-state index in [0.717, 1.165) is 6.42 Å². The molecule has 1 aliphatic rings. The molecule has 0 amide bonds. The van der Waals surface area contributed by atoms with E-state index in [1.54, 1.807) is 0 Å². The van der Waals surface area contributed by atoms with Crippen molar-refractivity contribution in [2.75, 3.05) is 0 Å². The molecule has 1 aliphatic carbocycles. The van der Waals surface area contributed by atoms with E-state index in [9.17, 15) is 0 Å². The molecule has 0 aromatic rings. The van der Waals surface area contributed by atoms with Gasteiger partial charge < -0.3 is 4.43 Å². The van der Waals surface area contributed by atoms with Gasteiger partial charge in [0, 0.05) is 27.8 Å². The van der Waals surface area contributed by atoms with Crippen molar-refractivity contribution in [3.8, 4) is 0 Å². The summed E-state index contributed by atoms with van der Waals surface area (Å²) in [6, 6.07) is 0. The van der Waals surface area contributed by atoms with Crippen LogP contribution in [0.5, 0.6) is 0 Å². The molecule has 0 aliphatic heterocycles. The van der Waals surface area contributed by atoms with Gasteiger partial charge in [-0.25, -0.2) is 11.3 Å². The smallest absolute Gasteiger partial charge is 0.183 e. The molecule has 0 aromatic heterocycles. The van der Waals surface area contributed by atoms with Gasteiger partial charge in [-0.15, -0.1) is 31.2 Å². The predicted molar refractivity (Wildman–Crippen MR) is 68.7 cm³/mol. The Bertz CT molecular complexity index is 227. The van der Waals surface area contributed by atoms with Crippen LogP contribution in [0.25, 0.3) is 0 Å². The fraction of sp³-hybridized carbons (Fsp3) is 0.600. The first kappa shape index (κ1) is 21.3. The molecule has 0 heterocycles. The molecule has 0 aromatic carbocycles. The summed E-state index contributed by atoms with van der Waals surface area (Å²) in [4.78, 5) is 0. The van der Waals surface area contributed by atoms with Gasteiger partial charge in [-0.1, -0.05) is 0 Å². The van der Waals surface area contributed by atoms with Gasteiger partial charge in [0.25, 0.3) is 0 Å². The molecule has 0 bridgehead atoms.